The summed E-state index contributed by atoms with van der Waals surface area (Å²) in [5, 5.41) is 29.7. The Hall–Kier alpha value is -0.880. The maximum Gasteiger partial charge on any atom is 0.240 e. The molecule has 2 heterocycles. The number of alkyl halides is 1. The molecule has 4 unspecified atom stereocenters. The smallest absolute Gasteiger partial charge is 0.240 e. The van der Waals surface area contributed by atoms with Crippen LogP contribution in [0, 0.1) is 47.3 Å². The van der Waals surface area contributed by atoms with Crippen molar-refractivity contribution in [3.8, 4) is 11.8 Å². The molecule has 2 saturated heterocycles. The van der Waals surface area contributed by atoms with Crippen LogP contribution in [0.4, 0.5) is 0 Å². The van der Waals surface area contributed by atoms with Gasteiger partial charge in [0.1, 0.15) is 12.1 Å². The van der Waals surface area contributed by atoms with Gasteiger partial charge in [-0.2, -0.15) is 5.06 Å². The fourth-order valence-electron chi connectivity index (χ4n) is 8.23. The Morgan fingerprint density at radius 2 is 1.73 bits per heavy atom. The minimum Gasteiger partial charge on any atom is -0.396 e. The van der Waals surface area contributed by atoms with E-state index in [9.17, 15) is 15.0 Å². The van der Waals surface area contributed by atoms with Gasteiger partial charge in [-0.1, -0.05) is 24.7 Å². The zero-order chi connectivity index (χ0) is 28.1. The van der Waals surface area contributed by atoms with Gasteiger partial charge in [-0.25, -0.2) is 0 Å². The second-order valence-corrected chi connectivity index (χ2v) is 14.1. The van der Waals surface area contributed by atoms with Crippen molar-refractivity contribution in [2.24, 2.45) is 35.5 Å². The van der Waals surface area contributed by atoms with Crippen LogP contribution in [0.1, 0.15) is 90.4 Å². The molecule has 0 spiro atoms. The first-order valence-electron chi connectivity index (χ1n) is 16.3. The van der Waals surface area contributed by atoms with E-state index in [0.717, 1.165) is 70.3 Å². The summed E-state index contributed by atoms with van der Waals surface area (Å²) in [6.07, 6.45) is 13.6. The highest BCUT2D eigenvalue weighted by molar-refractivity contribution is 6.20. The third-order valence-electron chi connectivity index (χ3n) is 10.7. The molecule has 0 bridgehead atoms. The van der Waals surface area contributed by atoms with E-state index in [1.165, 1.54) is 25.7 Å². The van der Waals surface area contributed by atoms with Gasteiger partial charge < -0.3 is 20.8 Å². The number of hydrogen-bond acceptors (Lipinski definition) is 6. The van der Waals surface area contributed by atoms with Gasteiger partial charge >= 0.3 is 0 Å². The number of carbonyl (C=O) groups is 1. The molecule has 0 radical (unpaired) electrons. The van der Waals surface area contributed by atoms with Gasteiger partial charge in [0.25, 0.3) is 0 Å². The molecule has 1 amide bonds. The van der Waals surface area contributed by atoms with Crippen LogP contribution in [0.15, 0.2) is 0 Å². The topological polar surface area (TPSA) is 94.1 Å². The maximum absolute atomic E-state index is 13.5. The highest BCUT2D eigenvalue weighted by atomic mass is 35.5. The summed E-state index contributed by atoms with van der Waals surface area (Å²) in [5.41, 5.74) is 0. The first-order chi connectivity index (χ1) is 19.4. The number of nitrogens with zero attached hydrogens (tertiary/aromatic N) is 1. The van der Waals surface area contributed by atoms with Crippen LogP contribution in [0.5, 0.6) is 0 Å². The molecule has 2 aliphatic heterocycles. The zero-order valence-electron chi connectivity index (χ0n) is 24.4. The van der Waals surface area contributed by atoms with E-state index >= 15 is 0 Å². The van der Waals surface area contributed by atoms with Crippen molar-refractivity contribution in [3.63, 3.8) is 0 Å². The van der Waals surface area contributed by atoms with Gasteiger partial charge in [0.15, 0.2) is 0 Å². The Labute approximate surface area is 246 Å². The molecular formula is C32H52ClN3O4. The molecule has 0 aromatic carbocycles. The number of nitrogens with one attached hydrogen (secondary N) is 2. The van der Waals surface area contributed by atoms with Crippen molar-refractivity contribution >= 4 is 17.5 Å². The lowest BCUT2D eigenvalue weighted by Gasteiger charge is -2.32. The number of aliphatic hydroxyl groups excluding tert-OH is 2. The van der Waals surface area contributed by atoms with Gasteiger partial charge in [0, 0.05) is 42.3 Å². The van der Waals surface area contributed by atoms with E-state index in [-0.39, 0.29) is 12.5 Å². The number of fused-ring (bicyclic) bond motifs is 1. The Bertz CT molecular complexity index is 877. The first kappa shape index (κ1) is 30.6. The normalized spacial score (nSPS) is 41.1. The van der Waals surface area contributed by atoms with Crippen LogP contribution in [0.25, 0.3) is 0 Å². The molecule has 0 aromatic heterocycles. The largest absolute Gasteiger partial charge is 0.396 e. The Balaban J connectivity index is 1.12. The minimum atomic E-state index is -0.759. The molecule has 5 aliphatic rings. The van der Waals surface area contributed by atoms with Crippen molar-refractivity contribution < 1.29 is 19.8 Å². The fourth-order valence-corrected chi connectivity index (χ4v) is 8.49. The predicted octanol–water partition coefficient (Wildman–Crippen LogP) is 3.85. The highest BCUT2D eigenvalue weighted by Crippen LogP contribution is 2.37. The van der Waals surface area contributed by atoms with E-state index in [1.807, 2.05) is 0 Å². The second kappa shape index (κ2) is 14.5. The summed E-state index contributed by atoms with van der Waals surface area (Å²) in [7, 11) is 0. The lowest BCUT2D eigenvalue weighted by Crippen LogP contribution is -2.49. The monoisotopic (exact) mass is 577 g/mol. The third kappa shape index (κ3) is 7.54. The number of carbonyl (C=O) groups excluding carboxylic acids is 1. The average Bonchev–Trinajstić information content (AvgIpc) is 3.55. The molecular weight excluding hydrogens is 526 g/mol. The minimum absolute atomic E-state index is 0.0837. The summed E-state index contributed by atoms with van der Waals surface area (Å²) in [6, 6.07) is 0.0778. The van der Waals surface area contributed by atoms with Crippen molar-refractivity contribution in [3.05, 3.63) is 0 Å². The van der Waals surface area contributed by atoms with Crippen molar-refractivity contribution in [2.45, 2.75) is 120 Å². The van der Waals surface area contributed by atoms with Crippen LogP contribution < -0.4 is 10.6 Å². The van der Waals surface area contributed by atoms with E-state index < -0.39 is 24.2 Å². The van der Waals surface area contributed by atoms with Gasteiger partial charge in [-0.05, 0) is 102 Å². The molecule has 226 valence electrons. The number of amides is 1. The van der Waals surface area contributed by atoms with Crippen LogP contribution in [-0.4, -0.2) is 77.1 Å². The van der Waals surface area contributed by atoms with E-state index in [4.69, 9.17) is 16.4 Å². The number of hydroxylamine groups is 2. The molecule has 3 saturated carbocycles. The summed E-state index contributed by atoms with van der Waals surface area (Å²) in [6.45, 7) is 3.84. The summed E-state index contributed by atoms with van der Waals surface area (Å²) in [4.78, 5) is 19.7. The average molecular weight is 578 g/mol. The standard InChI is InChI=1S/C32H52ClN3O4/c1-21(38)31-28(20-37)30(32(39)34-17-16-25-18-35-29-5-3-2-4-27(25)29)36(40-31)19-24-10-8-22(9-11-24)6-7-23-12-14-26(33)15-13-23/h21-31,35,37-38H,2-5,8-20H2,1H3,(H,34,39)/t21-,22?,23?,24?,25?,26?,27?,28-,29?,30?,31-/m1/s1. The van der Waals surface area contributed by atoms with Gasteiger partial charge in [0.2, 0.25) is 5.91 Å². The number of halogens is 1. The fraction of sp³-hybridized carbons (Fsp3) is 0.906. The quantitative estimate of drug-likeness (QED) is 0.259. The maximum atomic E-state index is 13.5. The third-order valence-corrected chi connectivity index (χ3v) is 11.1. The Kier molecular flexibility index (Phi) is 11.1. The van der Waals surface area contributed by atoms with Gasteiger partial charge in [-0.15, -0.1) is 11.6 Å². The predicted molar refractivity (Wildman–Crippen MR) is 157 cm³/mol. The van der Waals surface area contributed by atoms with Crippen molar-refractivity contribution in [1.82, 2.24) is 15.7 Å². The van der Waals surface area contributed by atoms with Gasteiger partial charge in [-0.3, -0.25) is 9.63 Å². The molecule has 5 fully saturated rings. The highest BCUT2D eigenvalue weighted by Gasteiger charge is 2.49. The summed E-state index contributed by atoms with van der Waals surface area (Å²) >= 11 is 6.25. The molecule has 3 aliphatic carbocycles. The van der Waals surface area contributed by atoms with Crippen LogP contribution >= 0.6 is 11.6 Å². The molecule has 5 rings (SSSR count). The molecule has 4 N–H and O–H groups in total. The van der Waals surface area contributed by atoms with Crippen LogP contribution in [0.2, 0.25) is 0 Å². The van der Waals surface area contributed by atoms with Crippen LogP contribution in [-0.2, 0) is 9.63 Å². The first-order valence-corrected chi connectivity index (χ1v) is 16.7. The number of aliphatic hydroxyl groups is 2. The van der Waals surface area contributed by atoms with E-state index in [1.54, 1.807) is 12.0 Å². The molecule has 8 heteroatoms. The Morgan fingerprint density at radius 3 is 2.40 bits per heavy atom. The molecule has 7 nitrogen and oxygen atoms in total. The van der Waals surface area contributed by atoms with Crippen molar-refractivity contribution in [1.29, 1.82) is 0 Å². The van der Waals surface area contributed by atoms with Crippen molar-refractivity contribution in [2.75, 3.05) is 26.2 Å². The zero-order valence-corrected chi connectivity index (χ0v) is 25.2. The number of rotatable bonds is 8. The summed E-state index contributed by atoms with van der Waals surface area (Å²) in [5.74, 6) is 9.33. The van der Waals surface area contributed by atoms with Crippen LogP contribution in [0.3, 0.4) is 0 Å². The second-order valence-electron chi connectivity index (χ2n) is 13.5. The lowest BCUT2D eigenvalue weighted by molar-refractivity contribution is -0.193. The Morgan fingerprint density at radius 1 is 1.05 bits per heavy atom. The molecule has 40 heavy (non-hydrogen) atoms. The van der Waals surface area contributed by atoms with Gasteiger partial charge in [0.05, 0.1) is 12.7 Å². The number of hydrogen-bond donors (Lipinski definition) is 4. The molecule has 0 aromatic rings. The SMILES string of the molecule is C[C@@H](O)[C@H]1ON(CC2CCC(C#CC3CCC(Cl)CC3)CC2)C(C(=O)NCCC2CNC3CCCCC23)[C@H]1CO. The summed E-state index contributed by atoms with van der Waals surface area (Å²) < 4.78 is 0. The van der Waals surface area contributed by atoms with E-state index in [0.29, 0.717) is 48.2 Å². The molecule has 7 atom stereocenters. The van der Waals surface area contributed by atoms with E-state index in [2.05, 4.69) is 22.5 Å². The lowest BCUT2D eigenvalue weighted by atomic mass is 9.79.